The number of hydrogen-bond donors (Lipinski definition) is 2. The fourth-order valence-corrected chi connectivity index (χ4v) is 4.51. The van der Waals surface area contributed by atoms with Crippen molar-refractivity contribution in [1.82, 2.24) is 24.8 Å². The van der Waals surface area contributed by atoms with Gasteiger partial charge in [0.25, 0.3) is 0 Å². The first-order chi connectivity index (χ1) is 19.4. The number of nitrogens with one attached hydrogen (secondary N) is 2. The average Bonchev–Trinajstić information content (AvgIpc) is 3.57. The molecule has 3 aromatic rings. The van der Waals surface area contributed by atoms with Gasteiger partial charge >= 0.3 is 0 Å². The van der Waals surface area contributed by atoms with Crippen LogP contribution in [0.15, 0.2) is 42.9 Å². The van der Waals surface area contributed by atoms with E-state index in [9.17, 15) is 14.4 Å². The third-order valence-corrected chi connectivity index (χ3v) is 6.86. The number of para-hydroxylation sites is 1. The molecule has 0 radical (unpaired) electrons. The van der Waals surface area contributed by atoms with Crippen LogP contribution in [-0.2, 0) is 43.4 Å². The second kappa shape index (κ2) is 16.7. The molecule has 0 bridgehead atoms. The molecule has 0 aliphatic carbocycles. The van der Waals surface area contributed by atoms with Crippen molar-refractivity contribution in [2.24, 2.45) is 5.92 Å². The lowest BCUT2D eigenvalue weighted by Crippen LogP contribution is -2.35. The van der Waals surface area contributed by atoms with Gasteiger partial charge in [-0.2, -0.15) is 0 Å². The van der Waals surface area contributed by atoms with Crippen LogP contribution >= 0.6 is 0 Å². The largest absolute Gasteiger partial charge is 0.379 e. The lowest BCUT2D eigenvalue weighted by atomic mass is 9.95. The summed E-state index contributed by atoms with van der Waals surface area (Å²) in [6.07, 6.45) is 4.56. The van der Waals surface area contributed by atoms with Gasteiger partial charge in [0, 0.05) is 68.4 Å². The van der Waals surface area contributed by atoms with E-state index in [-0.39, 0.29) is 23.9 Å². The van der Waals surface area contributed by atoms with Crippen LogP contribution in [0.5, 0.6) is 0 Å². The van der Waals surface area contributed by atoms with Crippen LogP contribution in [0.3, 0.4) is 0 Å². The minimum Gasteiger partial charge on any atom is -0.379 e. The smallest absolute Gasteiger partial charge is 0.224 e. The van der Waals surface area contributed by atoms with Gasteiger partial charge < -0.3 is 29.2 Å². The number of nitrogens with zero attached hydrogens (tertiary/aromatic N) is 3. The zero-order chi connectivity index (χ0) is 28.7. The molecule has 0 saturated heterocycles. The van der Waals surface area contributed by atoms with Crippen LogP contribution < -0.4 is 5.32 Å². The first-order valence-corrected chi connectivity index (χ1v) is 14.0. The molecular formula is C30H43N5O5. The maximum absolute atomic E-state index is 13.2. The lowest BCUT2D eigenvalue weighted by Gasteiger charge is -2.18. The first-order valence-electron chi connectivity index (χ1n) is 14.0. The third kappa shape index (κ3) is 10.3. The van der Waals surface area contributed by atoms with Gasteiger partial charge in [0.1, 0.15) is 11.6 Å². The number of aromatic amines is 1. The monoisotopic (exact) mass is 553 g/mol. The Labute approximate surface area is 236 Å². The van der Waals surface area contributed by atoms with Crippen LogP contribution in [-0.4, -0.2) is 83.5 Å². The first kappa shape index (κ1) is 31.2. The maximum Gasteiger partial charge on any atom is 0.224 e. The molecule has 1 aromatic carbocycles. The Kier molecular flexibility index (Phi) is 13.0. The number of H-pyrrole nitrogens is 1. The van der Waals surface area contributed by atoms with E-state index in [1.807, 2.05) is 12.1 Å². The Morgan fingerprint density at radius 3 is 2.60 bits per heavy atom. The molecule has 1 amide bonds. The van der Waals surface area contributed by atoms with Gasteiger partial charge in [-0.3, -0.25) is 14.4 Å². The number of carbonyl (C=O) groups excluding carboxylic acids is 3. The Bertz CT molecular complexity index is 1210. The van der Waals surface area contributed by atoms with Crippen molar-refractivity contribution >= 4 is 28.4 Å². The number of rotatable bonds is 20. The molecule has 0 aliphatic rings. The van der Waals surface area contributed by atoms with E-state index in [0.717, 1.165) is 29.7 Å². The van der Waals surface area contributed by atoms with Gasteiger partial charge in [-0.15, -0.1) is 0 Å². The normalized spacial score (nSPS) is 12.2. The molecule has 40 heavy (non-hydrogen) atoms. The van der Waals surface area contributed by atoms with E-state index in [1.165, 1.54) is 12.6 Å². The number of ether oxygens (including phenoxy) is 2. The van der Waals surface area contributed by atoms with Crippen molar-refractivity contribution in [3.8, 4) is 0 Å². The average molecular weight is 554 g/mol. The minimum absolute atomic E-state index is 0.0474. The standard InChI is InChI=1S/C30H43N5O5/c1-4-34(3)21-27-18-24-7-5-6-8-29(24)35(27)12-9-28(37)19-25(17-26-20-31-22-33-26)30(38)32-11-14-40-16-15-39-13-10-23(2)36/h5-8,18,20,22,25H,4,9-17,19,21H2,1-3H3,(H,31,33)(H,32,38)/t25-/m1/s1. The molecular weight excluding hydrogens is 510 g/mol. The Morgan fingerprint density at radius 2 is 1.88 bits per heavy atom. The molecule has 2 heterocycles. The van der Waals surface area contributed by atoms with E-state index in [0.29, 0.717) is 58.8 Å². The Hall–Kier alpha value is -3.34. The van der Waals surface area contributed by atoms with Crippen molar-refractivity contribution in [3.63, 3.8) is 0 Å². The topological polar surface area (TPSA) is 119 Å². The van der Waals surface area contributed by atoms with Crippen LogP contribution in [0.4, 0.5) is 0 Å². The van der Waals surface area contributed by atoms with E-state index in [2.05, 4.69) is 56.9 Å². The number of carbonyl (C=O) groups is 3. The van der Waals surface area contributed by atoms with Gasteiger partial charge in [-0.25, -0.2) is 4.98 Å². The molecule has 0 saturated carbocycles. The van der Waals surface area contributed by atoms with E-state index in [1.54, 1.807) is 12.5 Å². The number of aryl methyl sites for hydroxylation is 1. The summed E-state index contributed by atoms with van der Waals surface area (Å²) in [4.78, 5) is 46.4. The molecule has 10 nitrogen and oxygen atoms in total. The number of imidazole rings is 1. The summed E-state index contributed by atoms with van der Waals surface area (Å²) >= 11 is 0. The quantitative estimate of drug-likeness (QED) is 0.206. The molecule has 2 N–H and O–H groups in total. The molecule has 10 heteroatoms. The number of ketones is 2. The summed E-state index contributed by atoms with van der Waals surface area (Å²) in [6, 6.07) is 10.4. The maximum atomic E-state index is 13.2. The molecule has 0 fully saturated rings. The lowest BCUT2D eigenvalue weighted by molar-refractivity contribution is -0.129. The van der Waals surface area contributed by atoms with Crippen molar-refractivity contribution in [1.29, 1.82) is 0 Å². The van der Waals surface area contributed by atoms with Crippen molar-refractivity contribution in [2.75, 3.05) is 46.6 Å². The predicted molar refractivity (Wildman–Crippen MR) is 154 cm³/mol. The summed E-state index contributed by atoms with van der Waals surface area (Å²) in [5.74, 6) is -0.545. The van der Waals surface area contributed by atoms with Crippen molar-refractivity contribution in [2.45, 2.75) is 52.6 Å². The second-order valence-corrected chi connectivity index (χ2v) is 10.1. The molecule has 218 valence electrons. The van der Waals surface area contributed by atoms with Crippen LogP contribution in [0, 0.1) is 5.92 Å². The zero-order valence-corrected chi connectivity index (χ0v) is 24.0. The van der Waals surface area contributed by atoms with Gasteiger partial charge in [0.15, 0.2) is 0 Å². The second-order valence-electron chi connectivity index (χ2n) is 10.1. The molecule has 0 aliphatic heterocycles. The SMILES string of the molecule is CCN(C)Cc1cc2ccccc2n1CCC(=O)C[C@@H](Cc1cnc[nH]1)C(=O)NCCOCCOCCC(C)=O. The number of fused-ring (bicyclic) bond motifs is 1. The molecule has 2 aromatic heterocycles. The predicted octanol–water partition coefficient (Wildman–Crippen LogP) is 3.15. The van der Waals surface area contributed by atoms with Crippen LogP contribution in [0.2, 0.25) is 0 Å². The summed E-state index contributed by atoms with van der Waals surface area (Å²) < 4.78 is 13.1. The summed E-state index contributed by atoms with van der Waals surface area (Å²) in [7, 11) is 2.08. The zero-order valence-electron chi connectivity index (χ0n) is 24.0. The summed E-state index contributed by atoms with van der Waals surface area (Å²) in [5.41, 5.74) is 3.10. The van der Waals surface area contributed by atoms with Crippen molar-refractivity contribution in [3.05, 3.63) is 54.2 Å². The van der Waals surface area contributed by atoms with E-state index in [4.69, 9.17) is 9.47 Å². The highest BCUT2D eigenvalue weighted by Crippen LogP contribution is 2.22. The summed E-state index contributed by atoms with van der Waals surface area (Å²) in [6.45, 7) is 7.80. The number of aromatic nitrogens is 3. The van der Waals surface area contributed by atoms with E-state index < -0.39 is 5.92 Å². The van der Waals surface area contributed by atoms with Gasteiger partial charge in [0.2, 0.25) is 5.91 Å². The van der Waals surface area contributed by atoms with E-state index >= 15 is 0 Å². The highest BCUT2D eigenvalue weighted by molar-refractivity contribution is 5.87. The molecule has 0 unspecified atom stereocenters. The molecule has 0 spiro atoms. The Morgan fingerprint density at radius 1 is 1.10 bits per heavy atom. The fourth-order valence-electron chi connectivity index (χ4n) is 4.51. The van der Waals surface area contributed by atoms with Gasteiger partial charge in [0.05, 0.1) is 38.7 Å². The Balaban J connectivity index is 1.52. The number of amides is 1. The number of benzene rings is 1. The highest BCUT2D eigenvalue weighted by Gasteiger charge is 2.23. The van der Waals surface area contributed by atoms with Crippen LogP contribution in [0.1, 0.15) is 44.5 Å². The van der Waals surface area contributed by atoms with Gasteiger partial charge in [-0.05, 0) is 38.0 Å². The summed E-state index contributed by atoms with van der Waals surface area (Å²) in [5, 5.41) is 4.06. The van der Waals surface area contributed by atoms with Crippen LogP contribution in [0.25, 0.3) is 10.9 Å². The number of hydrogen-bond acceptors (Lipinski definition) is 7. The third-order valence-electron chi connectivity index (χ3n) is 6.86. The minimum atomic E-state index is -0.505. The molecule has 1 atom stereocenters. The van der Waals surface area contributed by atoms with Gasteiger partial charge in [-0.1, -0.05) is 25.1 Å². The fraction of sp³-hybridized carbons (Fsp3) is 0.533. The highest BCUT2D eigenvalue weighted by atomic mass is 16.5. The number of Topliss-reactive ketones (excluding diaryl/α,β-unsaturated/α-hetero) is 2. The van der Waals surface area contributed by atoms with Crippen molar-refractivity contribution < 1.29 is 23.9 Å². The molecule has 3 rings (SSSR count).